The third kappa shape index (κ3) is 6.57. The fourth-order valence-electron chi connectivity index (χ4n) is 3.59. The highest BCUT2D eigenvalue weighted by atomic mass is 32.2. The zero-order valence-electron chi connectivity index (χ0n) is 15.8. The van der Waals surface area contributed by atoms with Gasteiger partial charge in [-0.25, -0.2) is 8.42 Å². The Morgan fingerprint density at radius 1 is 1.15 bits per heavy atom. The van der Waals surface area contributed by atoms with Crippen molar-refractivity contribution in [3.63, 3.8) is 0 Å². The molecule has 1 atom stereocenters. The van der Waals surface area contributed by atoms with E-state index in [1.165, 1.54) is 7.11 Å². The van der Waals surface area contributed by atoms with Crippen LogP contribution in [0.2, 0.25) is 0 Å². The van der Waals surface area contributed by atoms with Crippen LogP contribution in [-0.2, 0) is 33.7 Å². The van der Waals surface area contributed by atoms with Crippen molar-refractivity contribution >= 4 is 27.5 Å². The highest BCUT2D eigenvalue weighted by Crippen LogP contribution is 2.28. The molecule has 2 rings (SSSR count). The molecule has 0 radical (unpaired) electrons. The first-order valence-corrected chi connectivity index (χ1v) is 11.3. The van der Waals surface area contributed by atoms with Gasteiger partial charge in [-0.2, -0.15) is 0 Å². The number of Topliss-reactive ketones (excluding diaryl/α,β-unsaturated/α-hetero) is 1. The van der Waals surface area contributed by atoms with Crippen molar-refractivity contribution in [3.05, 3.63) is 0 Å². The largest absolute Gasteiger partial charge is 0.469 e. The molecule has 154 valence electrons. The van der Waals surface area contributed by atoms with E-state index in [4.69, 9.17) is 4.74 Å². The van der Waals surface area contributed by atoms with Crippen molar-refractivity contribution in [2.24, 2.45) is 0 Å². The molecule has 9 heteroatoms. The summed E-state index contributed by atoms with van der Waals surface area (Å²) < 4.78 is 33.7. The first kappa shape index (κ1) is 21.8. The highest BCUT2D eigenvalue weighted by molar-refractivity contribution is 7.91. The minimum Gasteiger partial charge on any atom is -0.469 e. The van der Waals surface area contributed by atoms with Crippen LogP contribution in [-0.4, -0.2) is 62.9 Å². The van der Waals surface area contributed by atoms with Crippen molar-refractivity contribution in [2.45, 2.75) is 69.4 Å². The molecular formula is C18H29NO7S. The Labute approximate surface area is 160 Å². The van der Waals surface area contributed by atoms with Crippen LogP contribution in [0.1, 0.15) is 57.8 Å². The van der Waals surface area contributed by atoms with Gasteiger partial charge in [0.25, 0.3) is 0 Å². The molecule has 0 aromatic carbocycles. The van der Waals surface area contributed by atoms with Crippen LogP contribution in [0.15, 0.2) is 0 Å². The number of amides is 1. The van der Waals surface area contributed by atoms with Crippen LogP contribution in [0.25, 0.3) is 0 Å². The lowest BCUT2D eigenvalue weighted by atomic mass is 9.84. The van der Waals surface area contributed by atoms with E-state index in [-0.39, 0.29) is 61.4 Å². The summed E-state index contributed by atoms with van der Waals surface area (Å²) in [5.41, 5.74) is -1.13. The zero-order chi connectivity index (χ0) is 19.9. The van der Waals surface area contributed by atoms with Gasteiger partial charge >= 0.3 is 5.97 Å². The Balaban J connectivity index is 1.95. The maximum Gasteiger partial charge on any atom is 0.305 e. The maximum atomic E-state index is 12.9. The molecule has 0 saturated carbocycles. The third-order valence-corrected chi connectivity index (χ3v) is 6.97. The maximum absolute atomic E-state index is 12.9. The Kier molecular flexibility index (Phi) is 7.79. The zero-order valence-corrected chi connectivity index (χ0v) is 16.6. The lowest BCUT2D eigenvalue weighted by Crippen LogP contribution is -2.58. The van der Waals surface area contributed by atoms with Crippen molar-refractivity contribution < 1.29 is 32.3 Å². The number of rotatable bonds is 9. The Hall–Kier alpha value is -1.48. The number of esters is 1. The summed E-state index contributed by atoms with van der Waals surface area (Å²) in [5.74, 6) is -1.09. The second-order valence-electron chi connectivity index (χ2n) is 7.31. The van der Waals surface area contributed by atoms with Crippen LogP contribution in [0.3, 0.4) is 0 Å². The summed E-state index contributed by atoms with van der Waals surface area (Å²) in [4.78, 5) is 36.4. The van der Waals surface area contributed by atoms with E-state index in [9.17, 15) is 22.8 Å². The summed E-state index contributed by atoms with van der Waals surface area (Å²) in [6.07, 6.45) is 3.55. The van der Waals surface area contributed by atoms with E-state index in [1.807, 2.05) is 0 Å². The van der Waals surface area contributed by atoms with Crippen LogP contribution in [0.4, 0.5) is 0 Å². The summed E-state index contributed by atoms with van der Waals surface area (Å²) in [7, 11) is -1.89. The third-order valence-electron chi connectivity index (χ3n) is 5.32. The van der Waals surface area contributed by atoms with Gasteiger partial charge in [-0.1, -0.05) is 0 Å². The standard InChI is InChI=1S/C18H29NO7S/c1-25-17(22)6-2-5-16(21)19-18(9-12-27(23,24)13-10-18)15(20)8-7-14-4-3-11-26-14/h14H,2-13H2,1H3,(H,19,21). The van der Waals surface area contributed by atoms with E-state index in [0.717, 1.165) is 12.8 Å². The van der Waals surface area contributed by atoms with E-state index in [2.05, 4.69) is 10.1 Å². The molecule has 1 unspecified atom stereocenters. The van der Waals surface area contributed by atoms with E-state index in [0.29, 0.717) is 19.4 Å². The smallest absolute Gasteiger partial charge is 0.305 e. The number of sulfone groups is 1. The number of ether oxygens (including phenoxy) is 2. The predicted octanol–water partition coefficient (Wildman–Crippen LogP) is 0.922. The van der Waals surface area contributed by atoms with Crippen molar-refractivity contribution in [1.29, 1.82) is 0 Å². The van der Waals surface area contributed by atoms with Gasteiger partial charge in [0.2, 0.25) is 5.91 Å². The summed E-state index contributed by atoms with van der Waals surface area (Å²) >= 11 is 0. The Morgan fingerprint density at radius 3 is 2.44 bits per heavy atom. The highest BCUT2D eigenvalue weighted by Gasteiger charge is 2.44. The number of hydrogen-bond acceptors (Lipinski definition) is 7. The fourth-order valence-corrected chi connectivity index (χ4v) is 5.11. The van der Waals surface area contributed by atoms with Crippen LogP contribution in [0, 0.1) is 0 Å². The number of ketones is 1. The summed E-state index contributed by atoms with van der Waals surface area (Å²) in [5, 5.41) is 2.79. The first-order chi connectivity index (χ1) is 12.8. The Morgan fingerprint density at radius 2 is 1.85 bits per heavy atom. The molecule has 0 spiro atoms. The molecule has 1 amide bonds. The van der Waals surface area contributed by atoms with Crippen molar-refractivity contribution in [3.8, 4) is 0 Å². The number of nitrogens with one attached hydrogen (secondary N) is 1. The van der Waals surface area contributed by atoms with E-state index < -0.39 is 21.3 Å². The first-order valence-electron chi connectivity index (χ1n) is 9.49. The molecule has 2 aliphatic heterocycles. The number of carbonyl (C=O) groups excluding carboxylic acids is 3. The molecule has 0 aliphatic carbocycles. The number of carbonyl (C=O) groups is 3. The fraction of sp³-hybridized carbons (Fsp3) is 0.833. The lowest BCUT2D eigenvalue weighted by Gasteiger charge is -2.36. The van der Waals surface area contributed by atoms with Crippen molar-refractivity contribution in [1.82, 2.24) is 5.32 Å². The summed E-state index contributed by atoms with van der Waals surface area (Å²) in [6, 6.07) is 0. The summed E-state index contributed by atoms with van der Waals surface area (Å²) in [6.45, 7) is 0.708. The number of methoxy groups -OCH3 is 1. The second kappa shape index (κ2) is 9.64. The molecule has 8 nitrogen and oxygen atoms in total. The molecule has 2 saturated heterocycles. The van der Waals surface area contributed by atoms with Crippen LogP contribution >= 0.6 is 0 Å². The molecule has 0 aromatic rings. The molecular weight excluding hydrogens is 374 g/mol. The molecule has 1 N–H and O–H groups in total. The van der Waals surface area contributed by atoms with Crippen LogP contribution in [0.5, 0.6) is 0 Å². The van der Waals surface area contributed by atoms with Gasteiger partial charge in [0, 0.05) is 25.9 Å². The van der Waals surface area contributed by atoms with Gasteiger partial charge < -0.3 is 14.8 Å². The Bertz CT molecular complexity index is 639. The van der Waals surface area contributed by atoms with Gasteiger partial charge in [-0.15, -0.1) is 0 Å². The van der Waals surface area contributed by atoms with Gasteiger partial charge in [-0.3, -0.25) is 14.4 Å². The van der Waals surface area contributed by atoms with Gasteiger partial charge in [-0.05, 0) is 38.5 Å². The average molecular weight is 403 g/mol. The monoisotopic (exact) mass is 403 g/mol. The minimum atomic E-state index is -3.17. The van der Waals surface area contributed by atoms with Crippen molar-refractivity contribution in [2.75, 3.05) is 25.2 Å². The number of hydrogen-bond donors (Lipinski definition) is 1. The quantitative estimate of drug-likeness (QED) is 0.569. The lowest BCUT2D eigenvalue weighted by molar-refractivity contribution is -0.141. The molecule has 2 fully saturated rings. The second-order valence-corrected chi connectivity index (χ2v) is 9.61. The molecule has 0 aromatic heterocycles. The molecule has 2 heterocycles. The minimum absolute atomic E-state index is 0.0640. The molecule has 27 heavy (non-hydrogen) atoms. The van der Waals surface area contributed by atoms with E-state index in [1.54, 1.807) is 0 Å². The molecule has 0 bridgehead atoms. The van der Waals surface area contributed by atoms with E-state index >= 15 is 0 Å². The normalized spacial score (nSPS) is 23.5. The SMILES string of the molecule is COC(=O)CCCC(=O)NC1(C(=O)CCC2CCCO2)CCS(=O)(=O)CC1. The van der Waals surface area contributed by atoms with Crippen LogP contribution < -0.4 is 5.32 Å². The predicted molar refractivity (Wildman–Crippen MR) is 97.8 cm³/mol. The van der Waals surface area contributed by atoms with Gasteiger partial charge in [0.15, 0.2) is 15.6 Å². The van der Waals surface area contributed by atoms with Gasteiger partial charge in [0.1, 0.15) is 5.54 Å². The van der Waals surface area contributed by atoms with Gasteiger partial charge in [0.05, 0.1) is 24.7 Å². The topological polar surface area (TPSA) is 116 Å². The average Bonchev–Trinajstić information content (AvgIpc) is 3.15. The molecule has 2 aliphatic rings.